The molecule has 6 nitrogen and oxygen atoms in total. The van der Waals surface area contributed by atoms with Gasteiger partial charge in [0.15, 0.2) is 5.16 Å². The molecule has 0 saturated carbocycles. The molecule has 0 amide bonds. The molecule has 21 heavy (non-hydrogen) atoms. The van der Waals surface area contributed by atoms with Gasteiger partial charge < -0.3 is 4.74 Å². The van der Waals surface area contributed by atoms with Gasteiger partial charge in [-0.25, -0.2) is 5.84 Å². The predicted octanol–water partition coefficient (Wildman–Crippen LogP) is 2.89. The normalized spacial score (nSPS) is 10.7. The number of thioether (sulfide) groups is 1. The van der Waals surface area contributed by atoms with E-state index >= 15 is 0 Å². The molecule has 3 N–H and O–H groups in total. The van der Waals surface area contributed by atoms with Gasteiger partial charge in [-0.2, -0.15) is 15.0 Å². The minimum absolute atomic E-state index is 0.0283. The van der Waals surface area contributed by atoms with Crippen molar-refractivity contribution in [2.24, 2.45) is 5.84 Å². The largest absolute Gasteiger partial charge is 0.461 e. The fourth-order valence-electron chi connectivity index (χ4n) is 1.49. The van der Waals surface area contributed by atoms with Gasteiger partial charge >= 0.3 is 6.01 Å². The van der Waals surface area contributed by atoms with Gasteiger partial charge in [-0.05, 0) is 25.5 Å². The number of nitrogens with two attached hydrogens (primary N) is 1. The number of halogens is 1. The van der Waals surface area contributed by atoms with E-state index in [1.54, 1.807) is 0 Å². The number of ether oxygens (including phenoxy) is 1. The first-order chi connectivity index (χ1) is 10.1. The Balaban J connectivity index is 2.13. The molecular weight excluding hydrogens is 310 g/mol. The first kappa shape index (κ1) is 15.8. The zero-order chi connectivity index (χ0) is 15.2. The van der Waals surface area contributed by atoms with Crippen molar-refractivity contribution in [1.82, 2.24) is 15.0 Å². The van der Waals surface area contributed by atoms with Gasteiger partial charge in [0.05, 0.1) is 6.10 Å². The fraction of sp³-hybridized carbons (Fsp3) is 0.308. The van der Waals surface area contributed by atoms with E-state index in [1.165, 1.54) is 11.8 Å². The Labute approximate surface area is 132 Å². The molecule has 0 saturated heterocycles. The third kappa shape index (κ3) is 4.73. The van der Waals surface area contributed by atoms with Crippen LogP contribution in [0.3, 0.4) is 0 Å². The van der Waals surface area contributed by atoms with Crippen LogP contribution < -0.4 is 16.0 Å². The van der Waals surface area contributed by atoms with Crippen molar-refractivity contribution >= 4 is 29.3 Å². The molecule has 0 unspecified atom stereocenters. The number of anilines is 1. The summed E-state index contributed by atoms with van der Waals surface area (Å²) in [7, 11) is 0. The molecular formula is C13H16ClN5OS. The van der Waals surface area contributed by atoms with E-state index in [0.717, 1.165) is 10.6 Å². The van der Waals surface area contributed by atoms with Gasteiger partial charge in [0, 0.05) is 10.8 Å². The number of nitrogens with one attached hydrogen (secondary N) is 1. The number of nitrogens with zero attached hydrogens (tertiary/aromatic N) is 3. The lowest BCUT2D eigenvalue weighted by atomic mass is 10.2. The summed E-state index contributed by atoms with van der Waals surface area (Å²) in [5, 5.41) is 1.24. The smallest absolute Gasteiger partial charge is 0.322 e. The average Bonchev–Trinajstić information content (AvgIpc) is 2.45. The summed E-state index contributed by atoms with van der Waals surface area (Å²) in [5.41, 5.74) is 3.42. The van der Waals surface area contributed by atoms with Crippen LogP contribution in [0.2, 0.25) is 5.02 Å². The van der Waals surface area contributed by atoms with E-state index in [0.29, 0.717) is 10.9 Å². The van der Waals surface area contributed by atoms with Crippen LogP contribution >= 0.6 is 23.4 Å². The maximum atomic E-state index is 6.13. The number of aromatic nitrogens is 3. The highest BCUT2D eigenvalue weighted by atomic mass is 35.5. The van der Waals surface area contributed by atoms with Crippen molar-refractivity contribution in [3.8, 4) is 6.01 Å². The highest BCUT2D eigenvalue weighted by molar-refractivity contribution is 7.98. The third-order valence-corrected chi connectivity index (χ3v) is 3.64. The predicted molar refractivity (Wildman–Crippen MR) is 84.4 cm³/mol. The summed E-state index contributed by atoms with van der Waals surface area (Å²) in [6.07, 6.45) is -0.0283. The molecule has 0 aliphatic rings. The van der Waals surface area contributed by atoms with Crippen LogP contribution in [0.15, 0.2) is 29.4 Å². The highest BCUT2D eigenvalue weighted by Gasteiger charge is 2.10. The van der Waals surface area contributed by atoms with E-state index in [2.05, 4.69) is 20.4 Å². The van der Waals surface area contributed by atoms with Gasteiger partial charge in [-0.3, -0.25) is 5.43 Å². The Hall–Kier alpha value is -1.57. The van der Waals surface area contributed by atoms with E-state index in [1.807, 2.05) is 38.1 Å². The summed E-state index contributed by atoms with van der Waals surface area (Å²) in [6.45, 7) is 3.80. The van der Waals surface area contributed by atoms with Crippen LogP contribution in [0, 0.1) is 0 Å². The van der Waals surface area contributed by atoms with Gasteiger partial charge in [0.25, 0.3) is 0 Å². The van der Waals surface area contributed by atoms with Crippen LogP contribution in [0.5, 0.6) is 6.01 Å². The molecule has 1 aromatic carbocycles. The van der Waals surface area contributed by atoms with E-state index in [4.69, 9.17) is 22.2 Å². The molecule has 0 spiro atoms. The monoisotopic (exact) mass is 325 g/mol. The Morgan fingerprint density at radius 2 is 2.05 bits per heavy atom. The second-order valence-electron chi connectivity index (χ2n) is 4.42. The maximum absolute atomic E-state index is 6.13. The van der Waals surface area contributed by atoms with Gasteiger partial charge in [-0.15, -0.1) is 0 Å². The lowest BCUT2D eigenvalue weighted by Gasteiger charge is -2.10. The second-order valence-corrected chi connectivity index (χ2v) is 5.76. The van der Waals surface area contributed by atoms with Gasteiger partial charge in [-0.1, -0.05) is 41.6 Å². The maximum Gasteiger partial charge on any atom is 0.322 e. The SMILES string of the molecule is CC(C)Oc1nc(NN)nc(SCc2ccccc2Cl)n1. The Morgan fingerprint density at radius 1 is 1.29 bits per heavy atom. The Bertz CT molecular complexity index is 611. The summed E-state index contributed by atoms with van der Waals surface area (Å²) >= 11 is 7.56. The third-order valence-electron chi connectivity index (χ3n) is 2.38. The molecule has 8 heteroatoms. The zero-order valence-corrected chi connectivity index (χ0v) is 13.3. The molecule has 0 fully saturated rings. The van der Waals surface area contributed by atoms with Crippen LogP contribution in [-0.4, -0.2) is 21.1 Å². The summed E-state index contributed by atoms with van der Waals surface area (Å²) in [4.78, 5) is 12.5. The second kappa shape index (κ2) is 7.44. The van der Waals surface area contributed by atoms with E-state index < -0.39 is 0 Å². The molecule has 0 aliphatic heterocycles. The van der Waals surface area contributed by atoms with E-state index in [-0.39, 0.29) is 18.1 Å². The van der Waals surface area contributed by atoms with Gasteiger partial charge in [0.2, 0.25) is 5.95 Å². The number of hydrogen-bond donors (Lipinski definition) is 2. The zero-order valence-electron chi connectivity index (χ0n) is 11.7. The number of nitrogen functional groups attached to an aromatic ring is 1. The van der Waals surface area contributed by atoms with Crippen molar-refractivity contribution in [2.75, 3.05) is 5.43 Å². The molecule has 0 radical (unpaired) electrons. The Kier molecular flexibility index (Phi) is 5.60. The molecule has 2 aromatic rings. The quantitative estimate of drug-likeness (QED) is 0.479. The van der Waals surface area contributed by atoms with Gasteiger partial charge in [0.1, 0.15) is 0 Å². The molecule has 2 rings (SSSR count). The minimum Gasteiger partial charge on any atom is -0.461 e. The summed E-state index contributed by atoms with van der Waals surface area (Å²) in [5.74, 6) is 6.27. The number of hydrazine groups is 1. The van der Waals surface area contributed by atoms with Crippen LogP contribution in [0.4, 0.5) is 5.95 Å². The molecule has 1 heterocycles. The van der Waals surface area contributed by atoms with Crippen LogP contribution in [-0.2, 0) is 5.75 Å². The lowest BCUT2D eigenvalue weighted by Crippen LogP contribution is -2.15. The summed E-state index contributed by atoms with van der Waals surface area (Å²) in [6, 6.07) is 7.89. The van der Waals surface area contributed by atoms with Crippen LogP contribution in [0.25, 0.3) is 0 Å². The average molecular weight is 326 g/mol. The minimum atomic E-state index is -0.0283. The standard InChI is InChI=1S/C13H16ClN5OS/c1-8(2)20-12-16-11(19-15)17-13(18-12)21-7-9-5-3-4-6-10(9)14/h3-6,8H,7,15H2,1-2H3,(H,16,17,18,19). The number of benzene rings is 1. The van der Waals surface area contributed by atoms with Crippen LogP contribution in [0.1, 0.15) is 19.4 Å². The van der Waals surface area contributed by atoms with Crippen molar-refractivity contribution in [1.29, 1.82) is 0 Å². The molecule has 0 aliphatic carbocycles. The molecule has 112 valence electrons. The number of hydrogen-bond acceptors (Lipinski definition) is 7. The Morgan fingerprint density at radius 3 is 2.71 bits per heavy atom. The fourth-order valence-corrected chi connectivity index (χ4v) is 2.60. The molecule has 0 bridgehead atoms. The highest BCUT2D eigenvalue weighted by Crippen LogP contribution is 2.25. The number of rotatable bonds is 6. The topological polar surface area (TPSA) is 86.0 Å². The van der Waals surface area contributed by atoms with Crippen molar-refractivity contribution in [3.63, 3.8) is 0 Å². The van der Waals surface area contributed by atoms with Crippen molar-refractivity contribution < 1.29 is 4.74 Å². The lowest BCUT2D eigenvalue weighted by molar-refractivity contribution is 0.219. The molecule has 0 atom stereocenters. The summed E-state index contributed by atoms with van der Waals surface area (Å²) < 4.78 is 5.48. The first-order valence-electron chi connectivity index (χ1n) is 6.34. The molecule has 1 aromatic heterocycles. The van der Waals surface area contributed by atoms with E-state index in [9.17, 15) is 0 Å². The first-order valence-corrected chi connectivity index (χ1v) is 7.70. The van der Waals surface area contributed by atoms with Crippen molar-refractivity contribution in [3.05, 3.63) is 34.9 Å². The van der Waals surface area contributed by atoms with Crippen molar-refractivity contribution in [2.45, 2.75) is 30.9 Å².